The molecule has 0 aromatic carbocycles. The standard InChI is InChI=1S/2Pd.5Y. The number of hydrogen-bond acceptors (Lipinski definition) is 0. The Bertz CT molecular complexity index is 6.04. The van der Waals surface area contributed by atoms with Crippen LogP contribution in [0.5, 0.6) is 0 Å². The van der Waals surface area contributed by atoms with Gasteiger partial charge in [-0.05, 0) is 0 Å². The molecule has 0 aliphatic rings. The minimum absolute atomic E-state index is 0. The molecule has 0 saturated carbocycles. The Morgan fingerprint density at radius 1 is 0.286 bits per heavy atom. The monoisotopic (exact) mass is 656 g/mol. The number of hydrogen-bond donors (Lipinski definition) is 0. The molecular formula is Pd2Y5. The van der Waals surface area contributed by atoms with Crippen LogP contribution in [0.1, 0.15) is 0 Å². The van der Waals surface area contributed by atoms with Crippen LogP contribution >= 0.6 is 0 Å². The van der Waals surface area contributed by atoms with Crippen LogP contribution in [0.15, 0.2) is 0 Å². The molecule has 0 amide bonds. The fourth-order valence-electron chi connectivity index (χ4n) is 0. The summed E-state index contributed by atoms with van der Waals surface area (Å²) in [6.45, 7) is 0. The summed E-state index contributed by atoms with van der Waals surface area (Å²) >= 11 is 0. The van der Waals surface area contributed by atoms with E-state index in [9.17, 15) is 0 Å². The van der Waals surface area contributed by atoms with Gasteiger partial charge in [0.05, 0.1) is 0 Å². The van der Waals surface area contributed by atoms with Crippen molar-refractivity contribution >= 4 is 0 Å². The molecule has 35 valence electrons. The molecule has 0 saturated heterocycles. The minimum atomic E-state index is 0. The molecule has 0 aromatic rings. The molecule has 0 unspecified atom stereocenters. The Morgan fingerprint density at radius 3 is 0.286 bits per heavy atom. The van der Waals surface area contributed by atoms with Gasteiger partial charge in [-0.2, -0.15) is 0 Å². The first kappa shape index (κ1) is 48.8. The van der Waals surface area contributed by atoms with E-state index in [0.717, 1.165) is 0 Å². The molecule has 0 N–H and O–H groups in total. The summed E-state index contributed by atoms with van der Waals surface area (Å²) in [6.07, 6.45) is 0. The van der Waals surface area contributed by atoms with Gasteiger partial charge >= 0.3 is 0 Å². The smallest absolute Gasteiger partial charge is 0 e. The fraction of sp³-hybridized carbons (Fsp3) is 0. The fourth-order valence-corrected chi connectivity index (χ4v) is 0. The first-order valence-corrected chi connectivity index (χ1v) is 0. The van der Waals surface area contributed by atoms with Crippen molar-refractivity contribution in [3.63, 3.8) is 0 Å². The zero-order valence-corrected chi connectivity index (χ0v) is 20.8. The van der Waals surface area contributed by atoms with Crippen molar-refractivity contribution < 1.29 is 204 Å². The molecule has 0 aromatic heterocycles. The summed E-state index contributed by atoms with van der Waals surface area (Å²) in [4.78, 5) is 0. The van der Waals surface area contributed by atoms with E-state index in [2.05, 4.69) is 0 Å². The molecule has 0 nitrogen and oxygen atoms in total. The molecule has 5 radical (unpaired) electrons. The Morgan fingerprint density at radius 2 is 0.286 bits per heavy atom. The van der Waals surface area contributed by atoms with Gasteiger partial charge in [-0.25, -0.2) is 0 Å². The van der Waals surface area contributed by atoms with Crippen molar-refractivity contribution in [1.82, 2.24) is 0 Å². The third-order valence-corrected chi connectivity index (χ3v) is 0. The molecule has 0 fully saturated rings. The molecule has 0 bridgehead atoms. The maximum Gasteiger partial charge on any atom is 0 e. The second-order valence-corrected chi connectivity index (χ2v) is 0. The van der Waals surface area contributed by atoms with Gasteiger partial charge in [-0.15, -0.1) is 0 Å². The second kappa shape index (κ2) is 38.5. The van der Waals surface area contributed by atoms with Crippen LogP contribution in [-0.2, 0) is 204 Å². The van der Waals surface area contributed by atoms with E-state index >= 15 is 0 Å². The van der Waals surface area contributed by atoms with Crippen LogP contribution in [-0.4, -0.2) is 0 Å². The third-order valence-electron chi connectivity index (χ3n) is 0. The van der Waals surface area contributed by atoms with E-state index < -0.39 is 0 Å². The summed E-state index contributed by atoms with van der Waals surface area (Å²) in [5.74, 6) is 0. The Hall–Kier alpha value is 6.84. The van der Waals surface area contributed by atoms with Crippen molar-refractivity contribution in [1.29, 1.82) is 0 Å². The average Bonchev–Trinajstić information content (AvgIpc) is 0. The van der Waals surface area contributed by atoms with Gasteiger partial charge in [-0.3, -0.25) is 0 Å². The van der Waals surface area contributed by atoms with Crippen molar-refractivity contribution in [3.05, 3.63) is 0 Å². The predicted octanol–water partition coefficient (Wildman–Crippen LogP) is -0.0175. The van der Waals surface area contributed by atoms with E-state index in [-0.39, 0.29) is 204 Å². The second-order valence-electron chi connectivity index (χ2n) is 0. The quantitative estimate of drug-likeness (QED) is 0.322. The SMILES string of the molecule is [Pd].[Pd].[Y].[Y].[Y].[Y].[Y]. The van der Waals surface area contributed by atoms with E-state index in [4.69, 9.17) is 0 Å². The normalized spacial score (nSPS) is 0. The predicted molar refractivity (Wildman–Crippen MR) is 0 cm³/mol. The third kappa shape index (κ3) is 32.2. The first-order chi connectivity index (χ1) is 0. The van der Waals surface area contributed by atoms with Gasteiger partial charge in [0.25, 0.3) is 0 Å². The van der Waals surface area contributed by atoms with Gasteiger partial charge in [0.1, 0.15) is 0 Å². The van der Waals surface area contributed by atoms with Crippen LogP contribution in [0.3, 0.4) is 0 Å². The van der Waals surface area contributed by atoms with Crippen LogP contribution in [0.4, 0.5) is 0 Å². The summed E-state index contributed by atoms with van der Waals surface area (Å²) in [7, 11) is 0. The van der Waals surface area contributed by atoms with E-state index in [1.807, 2.05) is 0 Å². The Kier molecular flexibility index (Phi) is 268. The summed E-state index contributed by atoms with van der Waals surface area (Å²) < 4.78 is 0. The summed E-state index contributed by atoms with van der Waals surface area (Å²) in [6, 6.07) is 0. The van der Waals surface area contributed by atoms with Crippen LogP contribution in [0.25, 0.3) is 0 Å². The van der Waals surface area contributed by atoms with Crippen molar-refractivity contribution in [3.8, 4) is 0 Å². The molecule has 7 heteroatoms. The molecule has 0 atom stereocenters. The largest absolute Gasteiger partial charge is 0 e. The summed E-state index contributed by atoms with van der Waals surface area (Å²) in [5, 5.41) is 0. The van der Waals surface area contributed by atoms with Crippen molar-refractivity contribution in [2.24, 2.45) is 0 Å². The molecular weight excluding hydrogens is 657 g/mol. The maximum atomic E-state index is 0. The number of rotatable bonds is 0. The summed E-state index contributed by atoms with van der Waals surface area (Å²) in [5.41, 5.74) is 0. The van der Waals surface area contributed by atoms with Gasteiger partial charge in [0.2, 0.25) is 0 Å². The molecule has 7 heavy (non-hydrogen) atoms. The molecule has 0 aliphatic heterocycles. The molecule has 0 heterocycles. The van der Waals surface area contributed by atoms with Crippen LogP contribution < -0.4 is 0 Å². The zero-order chi connectivity index (χ0) is 0. The van der Waals surface area contributed by atoms with E-state index in [1.165, 1.54) is 0 Å². The van der Waals surface area contributed by atoms with Crippen molar-refractivity contribution in [2.75, 3.05) is 0 Å². The zero-order valence-electron chi connectivity index (χ0n) is 3.52. The molecule has 0 aliphatic carbocycles. The molecule has 0 rings (SSSR count). The van der Waals surface area contributed by atoms with E-state index in [0.29, 0.717) is 0 Å². The molecule has 0 spiro atoms. The van der Waals surface area contributed by atoms with Gasteiger partial charge in [0.15, 0.2) is 0 Å². The Labute approximate surface area is 198 Å². The topological polar surface area (TPSA) is 0 Å². The van der Waals surface area contributed by atoms with Crippen molar-refractivity contribution in [2.45, 2.75) is 0 Å². The minimum Gasteiger partial charge on any atom is 0 e. The maximum absolute atomic E-state index is 0. The van der Waals surface area contributed by atoms with Gasteiger partial charge in [0, 0.05) is 204 Å². The van der Waals surface area contributed by atoms with Gasteiger partial charge in [-0.1, -0.05) is 0 Å². The first-order valence-electron chi connectivity index (χ1n) is 0. The Balaban J connectivity index is 0. The average molecular weight is 657 g/mol. The van der Waals surface area contributed by atoms with Crippen LogP contribution in [0.2, 0.25) is 0 Å². The van der Waals surface area contributed by atoms with E-state index in [1.54, 1.807) is 0 Å². The van der Waals surface area contributed by atoms with Crippen LogP contribution in [0, 0.1) is 0 Å². The van der Waals surface area contributed by atoms with Gasteiger partial charge < -0.3 is 0 Å².